The molecule has 154 valence electrons. The molecule has 2 heterocycles. The van der Waals surface area contributed by atoms with Crippen LogP contribution in [0.25, 0.3) is 11.0 Å². The summed E-state index contributed by atoms with van der Waals surface area (Å²) in [6.07, 6.45) is 0. The van der Waals surface area contributed by atoms with Gasteiger partial charge in [-0.2, -0.15) is 0 Å². The number of anilines is 1. The smallest absolute Gasteiger partial charge is 0.295 e. The third-order valence-electron chi connectivity index (χ3n) is 5.81. The summed E-state index contributed by atoms with van der Waals surface area (Å²) in [6.45, 7) is 3.99. The van der Waals surface area contributed by atoms with Crippen LogP contribution < -0.4 is 10.3 Å². The maximum atomic E-state index is 13.6. The molecule has 6 heteroatoms. The van der Waals surface area contributed by atoms with E-state index in [1.807, 2.05) is 32.0 Å². The van der Waals surface area contributed by atoms with E-state index in [4.69, 9.17) is 4.42 Å². The highest BCUT2D eigenvalue weighted by Crippen LogP contribution is 2.42. The summed E-state index contributed by atoms with van der Waals surface area (Å²) in [5.41, 5.74) is 3.98. The van der Waals surface area contributed by atoms with E-state index in [0.29, 0.717) is 27.8 Å². The predicted molar refractivity (Wildman–Crippen MR) is 123 cm³/mol. The van der Waals surface area contributed by atoms with Crippen molar-refractivity contribution in [3.8, 4) is 5.75 Å². The van der Waals surface area contributed by atoms with E-state index in [1.54, 1.807) is 47.4 Å². The van der Waals surface area contributed by atoms with Crippen molar-refractivity contribution in [2.75, 3.05) is 4.90 Å². The first-order valence-electron chi connectivity index (χ1n) is 9.81. The largest absolute Gasteiger partial charge is 0.508 e. The molecular weight excluding hydrogens is 458 g/mol. The van der Waals surface area contributed by atoms with Gasteiger partial charge in [0.2, 0.25) is 5.76 Å². The van der Waals surface area contributed by atoms with E-state index in [-0.39, 0.29) is 22.8 Å². The highest BCUT2D eigenvalue weighted by atomic mass is 79.9. The van der Waals surface area contributed by atoms with Gasteiger partial charge in [0.15, 0.2) is 5.43 Å². The quantitative estimate of drug-likeness (QED) is 0.407. The van der Waals surface area contributed by atoms with Gasteiger partial charge >= 0.3 is 0 Å². The number of phenolic OH excluding ortho intramolecular Hbond substituents is 1. The van der Waals surface area contributed by atoms with Gasteiger partial charge in [0.05, 0.1) is 17.0 Å². The van der Waals surface area contributed by atoms with Gasteiger partial charge in [0, 0.05) is 10.2 Å². The SMILES string of the molecule is Cc1ccc(N2C(=O)c3oc4ccc(Br)cc4c(=O)c3C2c2ccc(O)cc2)cc1C. The van der Waals surface area contributed by atoms with Crippen LogP contribution in [0.15, 0.2) is 74.3 Å². The zero-order valence-electron chi connectivity index (χ0n) is 16.8. The third-order valence-corrected chi connectivity index (χ3v) is 6.30. The Morgan fingerprint density at radius 1 is 0.935 bits per heavy atom. The van der Waals surface area contributed by atoms with Crippen molar-refractivity contribution in [1.29, 1.82) is 0 Å². The zero-order chi connectivity index (χ0) is 21.9. The lowest BCUT2D eigenvalue weighted by molar-refractivity contribution is 0.0971. The first kappa shape index (κ1) is 19.6. The fraction of sp³-hybridized carbons (Fsp3) is 0.120. The van der Waals surface area contributed by atoms with E-state index in [1.165, 1.54) is 0 Å². The minimum atomic E-state index is -0.662. The Morgan fingerprint density at radius 2 is 1.68 bits per heavy atom. The average Bonchev–Trinajstić information content (AvgIpc) is 3.04. The number of aromatic hydroxyl groups is 1. The minimum Gasteiger partial charge on any atom is -0.508 e. The second-order valence-electron chi connectivity index (χ2n) is 7.75. The van der Waals surface area contributed by atoms with Crippen molar-refractivity contribution < 1.29 is 14.3 Å². The van der Waals surface area contributed by atoms with Crippen molar-refractivity contribution in [2.24, 2.45) is 0 Å². The minimum absolute atomic E-state index is 0.0520. The number of halogens is 1. The molecule has 0 saturated heterocycles. The standard InChI is InChI=1S/C25H18BrNO4/c1-13-3-7-17(11-14(13)2)27-22(15-4-8-18(28)9-5-15)21-23(29)19-12-16(26)6-10-20(19)31-24(21)25(27)30/h3-12,22,28H,1-2H3. The monoisotopic (exact) mass is 475 g/mol. The molecular formula is C25H18BrNO4. The molecule has 0 saturated carbocycles. The molecule has 0 radical (unpaired) electrons. The first-order valence-corrected chi connectivity index (χ1v) is 10.6. The van der Waals surface area contributed by atoms with Gasteiger partial charge in [0.25, 0.3) is 5.91 Å². The number of hydrogen-bond donors (Lipinski definition) is 1. The number of phenols is 1. The summed E-state index contributed by atoms with van der Waals surface area (Å²) in [5.74, 6) is -0.199. The molecule has 1 unspecified atom stereocenters. The number of rotatable bonds is 2. The molecule has 0 bridgehead atoms. The Hall–Kier alpha value is -3.38. The molecule has 0 spiro atoms. The van der Waals surface area contributed by atoms with E-state index in [9.17, 15) is 14.7 Å². The van der Waals surface area contributed by atoms with Crippen LogP contribution >= 0.6 is 15.9 Å². The Kier molecular flexibility index (Phi) is 4.48. The number of amides is 1. The Bertz CT molecular complexity index is 1420. The Morgan fingerprint density at radius 3 is 2.39 bits per heavy atom. The van der Waals surface area contributed by atoms with Crippen LogP contribution in [0.4, 0.5) is 5.69 Å². The van der Waals surface area contributed by atoms with Crippen LogP contribution in [0.5, 0.6) is 5.75 Å². The number of carbonyl (C=O) groups excluding carboxylic acids is 1. The first-order chi connectivity index (χ1) is 14.8. The van der Waals surface area contributed by atoms with Gasteiger partial charge < -0.3 is 9.52 Å². The average molecular weight is 476 g/mol. The molecule has 0 aliphatic carbocycles. The maximum Gasteiger partial charge on any atom is 0.295 e. The summed E-state index contributed by atoms with van der Waals surface area (Å²) in [7, 11) is 0. The number of benzene rings is 3. The maximum absolute atomic E-state index is 13.6. The van der Waals surface area contributed by atoms with Gasteiger partial charge in [0.1, 0.15) is 11.3 Å². The highest BCUT2D eigenvalue weighted by molar-refractivity contribution is 9.10. The van der Waals surface area contributed by atoms with E-state index < -0.39 is 6.04 Å². The molecule has 5 nitrogen and oxygen atoms in total. The fourth-order valence-electron chi connectivity index (χ4n) is 4.06. The summed E-state index contributed by atoms with van der Waals surface area (Å²) >= 11 is 3.40. The predicted octanol–water partition coefficient (Wildman–Crippen LogP) is 5.63. The molecule has 31 heavy (non-hydrogen) atoms. The Labute approximate surface area is 186 Å². The number of carbonyl (C=O) groups is 1. The Balaban J connectivity index is 1.82. The van der Waals surface area contributed by atoms with E-state index >= 15 is 0 Å². The number of nitrogens with zero attached hydrogens (tertiary/aromatic N) is 1. The van der Waals surface area contributed by atoms with Crippen molar-refractivity contribution in [3.05, 3.63) is 103 Å². The number of hydrogen-bond acceptors (Lipinski definition) is 4. The molecule has 1 aliphatic heterocycles. The molecule has 1 aliphatic rings. The topological polar surface area (TPSA) is 70.8 Å². The molecule has 4 aromatic rings. The lowest BCUT2D eigenvalue weighted by Crippen LogP contribution is -2.29. The third kappa shape index (κ3) is 3.06. The zero-order valence-corrected chi connectivity index (χ0v) is 18.4. The van der Waals surface area contributed by atoms with Gasteiger partial charge in [-0.05, 0) is 73.0 Å². The lowest BCUT2D eigenvalue weighted by Gasteiger charge is -2.26. The highest BCUT2D eigenvalue weighted by Gasteiger charge is 2.43. The molecule has 1 amide bonds. The summed E-state index contributed by atoms with van der Waals surface area (Å²) in [5, 5.41) is 10.2. The molecule has 0 fully saturated rings. The summed E-state index contributed by atoms with van der Waals surface area (Å²) in [6, 6.07) is 16.8. The number of fused-ring (bicyclic) bond motifs is 2. The van der Waals surface area contributed by atoms with Crippen LogP contribution in [-0.4, -0.2) is 11.0 Å². The van der Waals surface area contributed by atoms with Crippen LogP contribution in [0.3, 0.4) is 0 Å². The van der Waals surface area contributed by atoms with Crippen LogP contribution in [0, 0.1) is 13.8 Å². The molecule has 1 aromatic heterocycles. The lowest BCUT2D eigenvalue weighted by atomic mass is 9.98. The van der Waals surface area contributed by atoms with E-state index in [0.717, 1.165) is 15.6 Å². The van der Waals surface area contributed by atoms with Crippen molar-refractivity contribution in [3.63, 3.8) is 0 Å². The summed E-state index contributed by atoms with van der Waals surface area (Å²) in [4.78, 5) is 28.7. The second kappa shape index (κ2) is 7.10. The van der Waals surface area contributed by atoms with Gasteiger partial charge in [-0.3, -0.25) is 14.5 Å². The number of aryl methyl sites for hydroxylation is 2. The molecule has 5 rings (SSSR count). The van der Waals surface area contributed by atoms with Crippen molar-refractivity contribution in [1.82, 2.24) is 0 Å². The molecule has 1 N–H and O–H groups in total. The van der Waals surface area contributed by atoms with Crippen LogP contribution in [-0.2, 0) is 0 Å². The van der Waals surface area contributed by atoms with Gasteiger partial charge in [-0.1, -0.05) is 34.1 Å². The normalized spacial score (nSPS) is 15.5. The summed E-state index contributed by atoms with van der Waals surface area (Å²) < 4.78 is 6.73. The molecule has 3 aromatic carbocycles. The fourth-order valence-corrected chi connectivity index (χ4v) is 4.42. The van der Waals surface area contributed by atoms with Gasteiger partial charge in [-0.15, -0.1) is 0 Å². The van der Waals surface area contributed by atoms with Crippen molar-refractivity contribution >= 4 is 38.5 Å². The molecule has 1 atom stereocenters. The van der Waals surface area contributed by atoms with Crippen LogP contribution in [0.2, 0.25) is 0 Å². The second-order valence-corrected chi connectivity index (χ2v) is 8.67. The van der Waals surface area contributed by atoms with E-state index in [2.05, 4.69) is 15.9 Å². The van der Waals surface area contributed by atoms with Gasteiger partial charge in [-0.25, -0.2) is 0 Å². The van der Waals surface area contributed by atoms with Crippen molar-refractivity contribution in [2.45, 2.75) is 19.9 Å². The van der Waals surface area contributed by atoms with Crippen LogP contribution in [0.1, 0.15) is 38.9 Å².